The van der Waals surface area contributed by atoms with Crippen LogP contribution in [-0.4, -0.2) is 14.8 Å². The van der Waals surface area contributed by atoms with Gasteiger partial charge in [0.15, 0.2) is 0 Å². The normalized spacial score (nSPS) is 13.5. The molecule has 2 aromatic carbocycles. The molecule has 0 amide bonds. The van der Waals surface area contributed by atoms with E-state index in [0.717, 1.165) is 24.3 Å². The van der Waals surface area contributed by atoms with Gasteiger partial charge in [0.25, 0.3) is 0 Å². The van der Waals surface area contributed by atoms with Crippen molar-refractivity contribution in [1.82, 2.24) is 4.72 Å². The molecule has 24 heavy (non-hydrogen) atoms. The minimum absolute atomic E-state index is 0.217. The van der Waals surface area contributed by atoms with Crippen molar-refractivity contribution in [2.24, 2.45) is 0 Å². The lowest BCUT2D eigenvalue weighted by atomic mass is 10.1. The first-order chi connectivity index (χ1) is 11.1. The summed E-state index contributed by atoms with van der Waals surface area (Å²) in [5.41, 5.74) is 0.539. The van der Waals surface area contributed by atoms with Crippen LogP contribution in [0, 0.1) is 5.82 Å². The van der Waals surface area contributed by atoms with Gasteiger partial charge < -0.3 is 4.74 Å². The molecular formula is C15H13F4NO3S. The number of benzene rings is 2. The summed E-state index contributed by atoms with van der Waals surface area (Å²) in [7, 11) is -3.96. The molecule has 0 unspecified atom stereocenters. The van der Waals surface area contributed by atoms with E-state index in [4.69, 9.17) is 0 Å². The van der Waals surface area contributed by atoms with Gasteiger partial charge in [0.2, 0.25) is 10.0 Å². The molecule has 9 heteroatoms. The van der Waals surface area contributed by atoms with Crippen LogP contribution in [0.4, 0.5) is 17.6 Å². The van der Waals surface area contributed by atoms with Crippen LogP contribution >= 0.6 is 0 Å². The smallest absolute Gasteiger partial charge is 0.406 e. The average molecular weight is 363 g/mol. The minimum Gasteiger partial charge on any atom is -0.406 e. The minimum atomic E-state index is -4.85. The van der Waals surface area contributed by atoms with Crippen LogP contribution in [0.5, 0.6) is 5.75 Å². The van der Waals surface area contributed by atoms with Crippen LogP contribution in [0.2, 0.25) is 0 Å². The van der Waals surface area contributed by atoms with Gasteiger partial charge in [0.05, 0.1) is 4.90 Å². The Morgan fingerprint density at radius 1 is 1.00 bits per heavy atom. The highest BCUT2D eigenvalue weighted by Gasteiger charge is 2.31. The maximum atomic E-state index is 12.9. The average Bonchev–Trinajstić information content (AvgIpc) is 2.46. The third kappa shape index (κ3) is 4.93. The summed E-state index contributed by atoms with van der Waals surface area (Å²) in [4.78, 5) is -0.217. The zero-order valence-electron chi connectivity index (χ0n) is 12.3. The number of sulfonamides is 1. The van der Waals surface area contributed by atoms with E-state index in [1.54, 1.807) is 6.92 Å². The van der Waals surface area contributed by atoms with Gasteiger partial charge in [0, 0.05) is 6.04 Å². The molecule has 130 valence electrons. The molecule has 0 aromatic heterocycles. The summed E-state index contributed by atoms with van der Waals surface area (Å²) in [6.07, 6.45) is -4.85. The Balaban J connectivity index is 2.13. The number of nitrogens with one attached hydrogen (secondary N) is 1. The van der Waals surface area contributed by atoms with E-state index in [2.05, 4.69) is 9.46 Å². The van der Waals surface area contributed by atoms with Crippen molar-refractivity contribution in [1.29, 1.82) is 0 Å². The van der Waals surface area contributed by atoms with Gasteiger partial charge in [-0.15, -0.1) is 13.2 Å². The highest BCUT2D eigenvalue weighted by atomic mass is 32.2. The second-order valence-corrected chi connectivity index (χ2v) is 6.63. The molecule has 0 spiro atoms. The zero-order chi connectivity index (χ0) is 18.0. The molecular weight excluding hydrogens is 350 g/mol. The number of hydrogen-bond acceptors (Lipinski definition) is 3. The molecule has 0 radical (unpaired) electrons. The van der Waals surface area contributed by atoms with Crippen molar-refractivity contribution in [2.75, 3.05) is 0 Å². The summed E-state index contributed by atoms with van der Waals surface area (Å²) in [5.74, 6) is -0.970. The van der Waals surface area contributed by atoms with Crippen LogP contribution < -0.4 is 9.46 Å². The number of ether oxygens (including phenoxy) is 1. The van der Waals surface area contributed by atoms with E-state index in [-0.39, 0.29) is 4.90 Å². The van der Waals surface area contributed by atoms with E-state index in [1.165, 1.54) is 24.3 Å². The molecule has 0 saturated heterocycles. The van der Waals surface area contributed by atoms with Gasteiger partial charge in [-0.05, 0) is 48.9 Å². The zero-order valence-corrected chi connectivity index (χ0v) is 13.2. The van der Waals surface area contributed by atoms with Crippen LogP contribution in [0.3, 0.4) is 0 Å². The topological polar surface area (TPSA) is 55.4 Å². The Bertz CT molecular complexity index is 787. The van der Waals surface area contributed by atoms with Crippen molar-refractivity contribution in [2.45, 2.75) is 24.2 Å². The Kier molecular flexibility index (Phi) is 5.14. The molecule has 2 rings (SSSR count). The fraction of sp³-hybridized carbons (Fsp3) is 0.200. The lowest BCUT2D eigenvalue weighted by Gasteiger charge is -2.15. The van der Waals surface area contributed by atoms with Gasteiger partial charge in [-0.1, -0.05) is 12.1 Å². The Morgan fingerprint density at radius 3 is 2.04 bits per heavy atom. The molecule has 0 aliphatic heterocycles. The van der Waals surface area contributed by atoms with Crippen LogP contribution in [-0.2, 0) is 10.0 Å². The molecule has 0 fully saturated rings. The van der Waals surface area contributed by atoms with Gasteiger partial charge in [-0.25, -0.2) is 17.5 Å². The lowest BCUT2D eigenvalue weighted by Crippen LogP contribution is -2.27. The first-order valence-electron chi connectivity index (χ1n) is 6.70. The molecule has 0 heterocycles. The van der Waals surface area contributed by atoms with E-state index < -0.39 is 34.0 Å². The first-order valence-corrected chi connectivity index (χ1v) is 8.19. The molecule has 0 saturated carbocycles. The second-order valence-electron chi connectivity index (χ2n) is 4.91. The first kappa shape index (κ1) is 18.2. The molecule has 0 aliphatic rings. The summed E-state index contributed by atoms with van der Waals surface area (Å²) < 4.78 is 79.6. The Hall–Kier alpha value is -2.13. The predicted octanol–water partition coefficient (Wildman–Crippen LogP) is 3.76. The van der Waals surface area contributed by atoms with Gasteiger partial charge in [-0.2, -0.15) is 0 Å². The van der Waals surface area contributed by atoms with Gasteiger partial charge in [0.1, 0.15) is 11.6 Å². The fourth-order valence-electron chi connectivity index (χ4n) is 1.94. The summed E-state index contributed by atoms with van der Waals surface area (Å²) in [6, 6.07) is 8.43. The van der Waals surface area contributed by atoms with Gasteiger partial charge in [-0.3, -0.25) is 0 Å². The second kappa shape index (κ2) is 6.78. The number of alkyl halides is 3. The lowest BCUT2D eigenvalue weighted by molar-refractivity contribution is -0.274. The standard InChI is InChI=1S/C15H13F4NO3S/c1-10(11-2-4-12(16)5-3-11)20-24(21,22)14-8-6-13(7-9-14)23-15(17,18)19/h2-10,20H,1H3/t10-/m0/s1. The molecule has 4 nitrogen and oxygen atoms in total. The van der Waals surface area contributed by atoms with Crippen molar-refractivity contribution in [3.05, 3.63) is 59.9 Å². The molecule has 0 aliphatic carbocycles. The largest absolute Gasteiger partial charge is 0.573 e. The highest BCUT2D eigenvalue weighted by molar-refractivity contribution is 7.89. The monoisotopic (exact) mass is 363 g/mol. The maximum Gasteiger partial charge on any atom is 0.573 e. The van der Waals surface area contributed by atoms with E-state index >= 15 is 0 Å². The fourth-order valence-corrected chi connectivity index (χ4v) is 3.17. The van der Waals surface area contributed by atoms with Crippen molar-refractivity contribution >= 4 is 10.0 Å². The number of halogens is 4. The molecule has 1 atom stereocenters. The van der Waals surface area contributed by atoms with E-state index in [0.29, 0.717) is 5.56 Å². The Labute approximate surface area is 136 Å². The molecule has 0 bridgehead atoms. The third-order valence-electron chi connectivity index (χ3n) is 3.07. The molecule has 2 aromatic rings. The van der Waals surface area contributed by atoms with Crippen molar-refractivity contribution in [3.63, 3.8) is 0 Å². The predicted molar refractivity (Wildman–Crippen MR) is 78.3 cm³/mol. The molecule has 1 N–H and O–H groups in total. The van der Waals surface area contributed by atoms with E-state index in [1.807, 2.05) is 0 Å². The van der Waals surface area contributed by atoms with Gasteiger partial charge >= 0.3 is 6.36 Å². The summed E-state index contributed by atoms with van der Waals surface area (Å²) >= 11 is 0. The third-order valence-corrected chi connectivity index (χ3v) is 4.63. The Morgan fingerprint density at radius 2 is 1.54 bits per heavy atom. The quantitative estimate of drug-likeness (QED) is 0.823. The van der Waals surface area contributed by atoms with Crippen molar-refractivity contribution in [3.8, 4) is 5.75 Å². The van der Waals surface area contributed by atoms with Crippen molar-refractivity contribution < 1.29 is 30.7 Å². The maximum absolute atomic E-state index is 12.9. The number of rotatable bonds is 5. The SMILES string of the molecule is C[C@H](NS(=O)(=O)c1ccc(OC(F)(F)F)cc1)c1ccc(F)cc1. The van der Waals surface area contributed by atoms with E-state index in [9.17, 15) is 26.0 Å². The summed E-state index contributed by atoms with van der Waals surface area (Å²) in [6.45, 7) is 1.56. The summed E-state index contributed by atoms with van der Waals surface area (Å²) in [5, 5.41) is 0. The highest BCUT2D eigenvalue weighted by Crippen LogP contribution is 2.24. The number of hydrogen-bond donors (Lipinski definition) is 1. The van der Waals surface area contributed by atoms with Crippen LogP contribution in [0.25, 0.3) is 0 Å². The van der Waals surface area contributed by atoms with Crippen LogP contribution in [0.15, 0.2) is 53.4 Å². The van der Waals surface area contributed by atoms with Crippen LogP contribution in [0.1, 0.15) is 18.5 Å².